The van der Waals surface area contributed by atoms with E-state index in [1.54, 1.807) is 0 Å². The van der Waals surface area contributed by atoms with Gasteiger partial charge in [-0.2, -0.15) is 0 Å². The van der Waals surface area contributed by atoms with Crippen molar-refractivity contribution in [2.45, 2.75) is 84.8 Å². The lowest BCUT2D eigenvalue weighted by Gasteiger charge is -2.38. The van der Waals surface area contributed by atoms with Crippen molar-refractivity contribution >= 4 is 11.9 Å². The molecule has 1 fully saturated rings. The minimum Gasteiger partial charge on any atom is -0.459 e. The Labute approximate surface area is 184 Å². The lowest BCUT2D eigenvalue weighted by Crippen LogP contribution is -2.48. The van der Waals surface area contributed by atoms with Gasteiger partial charge < -0.3 is 14.5 Å². The summed E-state index contributed by atoms with van der Waals surface area (Å²) in [4.78, 5) is 31.9. The summed E-state index contributed by atoms with van der Waals surface area (Å²) in [6.07, 6.45) is 9.62. The first-order chi connectivity index (χ1) is 14.1. The van der Waals surface area contributed by atoms with Crippen molar-refractivity contribution in [1.82, 2.24) is 14.7 Å². The van der Waals surface area contributed by atoms with Crippen LogP contribution in [0.4, 0.5) is 0 Å². The van der Waals surface area contributed by atoms with E-state index in [1.807, 2.05) is 31.9 Å². The summed E-state index contributed by atoms with van der Waals surface area (Å²) >= 11 is 0. The van der Waals surface area contributed by atoms with Gasteiger partial charge in [-0.25, -0.2) is 0 Å². The first-order valence-corrected chi connectivity index (χ1v) is 11.6. The van der Waals surface area contributed by atoms with E-state index in [-0.39, 0.29) is 23.8 Å². The van der Waals surface area contributed by atoms with Gasteiger partial charge in [-0.05, 0) is 73.5 Å². The molecule has 0 bridgehead atoms. The third-order valence-corrected chi connectivity index (χ3v) is 5.39. The number of amides is 1. The van der Waals surface area contributed by atoms with Crippen molar-refractivity contribution in [2.24, 2.45) is 5.92 Å². The monoisotopic (exact) mass is 423 g/mol. The number of piperidine rings is 1. The quantitative estimate of drug-likeness (QED) is 0.472. The van der Waals surface area contributed by atoms with Crippen LogP contribution in [0.5, 0.6) is 0 Å². The van der Waals surface area contributed by atoms with Crippen LogP contribution in [0.25, 0.3) is 0 Å². The molecule has 0 radical (unpaired) electrons. The number of carbonyl (C=O) groups excluding carboxylic acids is 2. The lowest BCUT2D eigenvalue weighted by atomic mass is 9.95. The SMILES string of the molecule is CC/C=C/N(C(=O)C(CCC)CCN(C)C)C1CCN(CC(=O)OC(C)(C)C)CC1. The fourth-order valence-corrected chi connectivity index (χ4v) is 3.87. The van der Waals surface area contributed by atoms with E-state index in [4.69, 9.17) is 4.74 Å². The number of rotatable bonds is 11. The summed E-state index contributed by atoms with van der Waals surface area (Å²) in [6, 6.07) is 0.203. The van der Waals surface area contributed by atoms with Crippen molar-refractivity contribution < 1.29 is 14.3 Å². The van der Waals surface area contributed by atoms with Crippen molar-refractivity contribution in [3.63, 3.8) is 0 Å². The molecule has 30 heavy (non-hydrogen) atoms. The Morgan fingerprint density at radius 3 is 2.27 bits per heavy atom. The predicted octanol–water partition coefficient (Wildman–Crippen LogP) is 3.91. The van der Waals surface area contributed by atoms with Crippen molar-refractivity contribution in [2.75, 3.05) is 40.3 Å². The van der Waals surface area contributed by atoms with Crippen LogP contribution in [0.1, 0.15) is 73.1 Å². The second-order valence-corrected chi connectivity index (χ2v) is 9.71. The van der Waals surface area contributed by atoms with E-state index in [2.05, 4.69) is 43.8 Å². The third-order valence-electron chi connectivity index (χ3n) is 5.39. The Bertz CT molecular complexity index is 546. The van der Waals surface area contributed by atoms with E-state index in [0.29, 0.717) is 6.54 Å². The van der Waals surface area contributed by atoms with Crippen molar-refractivity contribution in [1.29, 1.82) is 0 Å². The van der Waals surface area contributed by atoms with Crippen LogP contribution in [0, 0.1) is 5.92 Å². The number of hydrogen-bond acceptors (Lipinski definition) is 5. The minimum absolute atomic E-state index is 0.0682. The summed E-state index contributed by atoms with van der Waals surface area (Å²) in [5.74, 6) is 0.152. The van der Waals surface area contributed by atoms with E-state index >= 15 is 0 Å². The molecule has 1 aliphatic rings. The van der Waals surface area contributed by atoms with Crippen LogP contribution in [-0.4, -0.2) is 78.5 Å². The van der Waals surface area contributed by atoms with Crippen molar-refractivity contribution in [3.8, 4) is 0 Å². The van der Waals surface area contributed by atoms with Gasteiger partial charge in [0.15, 0.2) is 0 Å². The number of allylic oxidation sites excluding steroid dienone is 1. The molecular formula is C24H45N3O3. The molecule has 0 aromatic heterocycles. The standard InChI is InChI=1S/C24H45N3O3/c1-8-10-15-27(23(29)20(11-9-2)12-16-25(6)7)21-13-17-26(18-14-21)19-22(28)30-24(3,4)5/h10,15,20-21H,8-9,11-14,16-19H2,1-7H3/b15-10+. The maximum absolute atomic E-state index is 13.4. The normalized spacial score (nSPS) is 17.5. The maximum atomic E-state index is 13.4. The molecule has 0 aromatic carbocycles. The number of likely N-dealkylation sites (tertiary alicyclic amines) is 1. The molecule has 6 heteroatoms. The molecule has 1 rings (SSSR count). The molecule has 0 N–H and O–H groups in total. The molecular weight excluding hydrogens is 378 g/mol. The summed E-state index contributed by atoms with van der Waals surface area (Å²) in [6.45, 7) is 12.8. The zero-order valence-corrected chi connectivity index (χ0v) is 20.4. The van der Waals surface area contributed by atoms with Gasteiger partial charge in [-0.15, -0.1) is 0 Å². The van der Waals surface area contributed by atoms with Crippen molar-refractivity contribution in [3.05, 3.63) is 12.3 Å². The highest BCUT2D eigenvalue weighted by Gasteiger charge is 2.31. The highest BCUT2D eigenvalue weighted by Crippen LogP contribution is 2.23. The first kappa shape index (κ1) is 26.6. The third kappa shape index (κ3) is 10.1. The molecule has 0 aromatic rings. The predicted molar refractivity (Wildman–Crippen MR) is 123 cm³/mol. The first-order valence-electron chi connectivity index (χ1n) is 11.6. The molecule has 1 unspecified atom stereocenters. The minimum atomic E-state index is -0.454. The Hall–Kier alpha value is -1.40. The molecule has 1 aliphatic heterocycles. The van der Waals surface area contributed by atoms with E-state index in [0.717, 1.165) is 58.2 Å². The average Bonchev–Trinajstić information content (AvgIpc) is 2.64. The van der Waals surface area contributed by atoms with Gasteiger partial charge >= 0.3 is 5.97 Å². The second-order valence-electron chi connectivity index (χ2n) is 9.71. The van der Waals surface area contributed by atoms with Gasteiger partial charge in [-0.3, -0.25) is 14.5 Å². The van der Waals surface area contributed by atoms with Crippen LogP contribution in [-0.2, 0) is 14.3 Å². The summed E-state index contributed by atoms with van der Waals surface area (Å²) < 4.78 is 5.45. The zero-order chi connectivity index (χ0) is 22.7. The van der Waals surface area contributed by atoms with E-state index in [1.165, 1.54) is 0 Å². The number of hydrogen-bond donors (Lipinski definition) is 0. The topological polar surface area (TPSA) is 53.1 Å². The van der Waals surface area contributed by atoms with E-state index < -0.39 is 5.60 Å². The van der Waals surface area contributed by atoms with Crippen LogP contribution < -0.4 is 0 Å². The van der Waals surface area contributed by atoms with Gasteiger partial charge in [0.1, 0.15) is 5.60 Å². The molecule has 6 nitrogen and oxygen atoms in total. The molecule has 1 saturated heterocycles. The molecule has 0 aliphatic carbocycles. The fraction of sp³-hybridized carbons (Fsp3) is 0.833. The molecule has 0 spiro atoms. The molecule has 1 heterocycles. The highest BCUT2D eigenvalue weighted by atomic mass is 16.6. The molecule has 174 valence electrons. The molecule has 1 amide bonds. The maximum Gasteiger partial charge on any atom is 0.320 e. The number of nitrogens with zero attached hydrogens (tertiary/aromatic N) is 3. The van der Waals surface area contributed by atoms with E-state index in [9.17, 15) is 9.59 Å². The summed E-state index contributed by atoms with van der Waals surface area (Å²) in [5, 5.41) is 0. The smallest absolute Gasteiger partial charge is 0.320 e. The largest absolute Gasteiger partial charge is 0.459 e. The Morgan fingerprint density at radius 1 is 1.13 bits per heavy atom. The highest BCUT2D eigenvalue weighted by molar-refractivity contribution is 5.80. The van der Waals surface area contributed by atoms with Gasteiger partial charge in [0.2, 0.25) is 5.91 Å². The van der Waals surface area contributed by atoms with Crippen LogP contribution >= 0.6 is 0 Å². The van der Waals surface area contributed by atoms with Crippen LogP contribution in [0.15, 0.2) is 12.3 Å². The van der Waals surface area contributed by atoms with Gasteiger partial charge in [-0.1, -0.05) is 26.3 Å². The van der Waals surface area contributed by atoms with Crippen LogP contribution in [0.2, 0.25) is 0 Å². The van der Waals surface area contributed by atoms with Crippen LogP contribution in [0.3, 0.4) is 0 Å². The van der Waals surface area contributed by atoms with Gasteiger partial charge in [0.25, 0.3) is 0 Å². The lowest BCUT2D eigenvalue weighted by molar-refractivity contribution is -0.156. The number of carbonyl (C=O) groups is 2. The average molecular weight is 424 g/mol. The Balaban J connectivity index is 2.74. The van der Waals surface area contributed by atoms with Gasteiger partial charge in [0, 0.05) is 31.2 Å². The zero-order valence-electron chi connectivity index (χ0n) is 20.4. The summed E-state index contributed by atoms with van der Waals surface area (Å²) in [7, 11) is 4.12. The molecule has 0 saturated carbocycles. The Kier molecular flexibility index (Phi) is 11.6. The molecule has 1 atom stereocenters. The second kappa shape index (κ2) is 13.1. The number of ether oxygens (including phenoxy) is 1. The number of esters is 1. The van der Waals surface area contributed by atoms with Gasteiger partial charge in [0.05, 0.1) is 6.54 Å². The fourth-order valence-electron chi connectivity index (χ4n) is 3.87. The Morgan fingerprint density at radius 2 is 1.77 bits per heavy atom. The summed E-state index contributed by atoms with van der Waals surface area (Å²) in [5.41, 5.74) is -0.454.